The Morgan fingerprint density at radius 2 is 2.29 bits per heavy atom. The van der Waals surface area contributed by atoms with Crippen LogP contribution in [0, 0.1) is 19.3 Å². The van der Waals surface area contributed by atoms with E-state index in [-0.39, 0.29) is 16.8 Å². The van der Waals surface area contributed by atoms with Gasteiger partial charge in [-0.1, -0.05) is 18.5 Å². The topological polar surface area (TPSA) is 54.9 Å². The van der Waals surface area contributed by atoms with E-state index in [1.807, 2.05) is 6.92 Å². The van der Waals surface area contributed by atoms with Crippen LogP contribution in [0.4, 0.5) is 5.82 Å². The summed E-state index contributed by atoms with van der Waals surface area (Å²) in [4.78, 5) is 19.0. The summed E-state index contributed by atoms with van der Waals surface area (Å²) in [5.41, 5.74) is 0.271. The molecule has 0 fully saturated rings. The number of aromatic nitrogens is 2. The van der Waals surface area contributed by atoms with Crippen molar-refractivity contribution in [1.29, 1.82) is 0 Å². The summed E-state index contributed by atoms with van der Waals surface area (Å²) >= 11 is 5.88. The second-order valence-electron chi connectivity index (χ2n) is 3.60. The van der Waals surface area contributed by atoms with Crippen molar-refractivity contribution in [3.8, 4) is 12.3 Å². The second kappa shape index (κ2) is 6.21. The minimum absolute atomic E-state index is 0.0732. The van der Waals surface area contributed by atoms with Crippen LogP contribution in [-0.4, -0.2) is 22.3 Å². The molecule has 1 aromatic rings. The average molecular weight is 252 g/mol. The first-order valence-corrected chi connectivity index (χ1v) is 5.69. The molecule has 5 heteroatoms. The van der Waals surface area contributed by atoms with E-state index >= 15 is 0 Å². The Hall–Kier alpha value is -1.60. The van der Waals surface area contributed by atoms with E-state index in [4.69, 9.17) is 18.0 Å². The van der Waals surface area contributed by atoms with Crippen molar-refractivity contribution >= 4 is 23.7 Å². The maximum Gasteiger partial charge on any atom is 0.156 e. The van der Waals surface area contributed by atoms with Gasteiger partial charge in [0.15, 0.2) is 6.29 Å². The highest BCUT2D eigenvalue weighted by Crippen LogP contribution is 2.20. The van der Waals surface area contributed by atoms with Gasteiger partial charge in [0.25, 0.3) is 0 Å². The summed E-state index contributed by atoms with van der Waals surface area (Å²) in [7, 11) is 0. The van der Waals surface area contributed by atoms with Crippen molar-refractivity contribution < 1.29 is 4.79 Å². The van der Waals surface area contributed by atoms with Crippen LogP contribution < -0.4 is 5.32 Å². The molecule has 1 N–H and O–H groups in total. The molecule has 0 spiro atoms. The summed E-state index contributed by atoms with van der Waals surface area (Å²) in [6, 6.07) is 0.0732. The molecule has 0 amide bonds. The molecule has 0 aliphatic carbocycles. The lowest BCUT2D eigenvalue weighted by molar-refractivity contribution is 0.112. The summed E-state index contributed by atoms with van der Waals surface area (Å²) in [6.07, 6.45) is 7.32. The fourth-order valence-electron chi connectivity index (χ4n) is 1.39. The summed E-state index contributed by atoms with van der Waals surface area (Å²) in [5.74, 6) is 3.54. The van der Waals surface area contributed by atoms with Crippen LogP contribution in [0.25, 0.3) is 0 Å². The first-order chi connectivity index (χ1) is 8.12. The Balaban J connectivity index is 3.04. The van der Waals surface area contributed by atoms with Gasteiger partial charge in [0.05, 0.1) is 5.56 Å². The highest BCUT2D eigenvalue weighted by Gasteiger charge is 2.13. The summed E-state index contributed by atoms with van der Waals surface area (Å²) < 4.78 is 0. The maximum absolute atomic E-state index is 10.9. The largest absolute Gasteiger partial charge is 0.366 e. The van der Waals surface area contributed by atoms with Gasteiger partial charge in [0.2, 0.25) is 0 Å². The number of hydrogen-bond donors (Lipinski definition) is 1. The van der Waals surface area contributed by atoms with Crippen LogP contribution in [0.5, 0.6) is 0 Å². The van der Waals surface area contributed by atoms with Crippen LogP contribution in [0.2, 0.25) is 5.15 Å². The Kier molecular flexibility index (Phi) is 4.92. The number of rotatable bonds is 5. The van der Waals surface area contributed by atoms with E-state index in [1.165, 1.54) is 0 Å². The van der Waals surface area contributed by atoms with Crippen molar-refractivity contribution in [1.82, 2.24) is 9.97 Å². The van der Waals surface area contributed by atoms with Crippen molar-refractivity contribution in [2.75, 3.05) is 5.32 Å². The SMILES string of the molecule is C#CCC(CC)Nc1nc(C)nc(Cl)c1C=O. The number of anilines is 1. The Morgan fingerprint density at radius 3 is 2.82 bits per heavy atom. The van der Waals surface area contributed by atoms with Crippen LogP contribution in [-0.2, 0) is 0 Å². The molecule has 1 heterocycles. The van der Waals surface area contributed by atoms with Gasteiger partial charge in [-0.25, -0.2) is 9.97 Å². The number of hydrogen-bond acceptors (Lipinski definition) is 4. The molecular weight excluding hydrogens is 238 g/mol. The predicted molar refractivity (Wildman–Crippen MR) is 68.3 cm³/mol. The molecule has 1 atom stereocenters. The van der Waals surface area contributed by atoms with Crippen LogP contribution in [0.15, 0.2) is 0 Å². The number of nitrogens with one attached hydrogen (secondary N) is 1. The lowest BCUT2D eigenvalue weighted by Gasteiger charge is -2.16. The zero-order valence-corrected chi connectivity index (χ0v) is 10.6. The van der Waals surface area contributed by atoms with Gasteiger partial charge >= 0.3 is 0 Å². The Bertz CT molecular complexity index is 454. The van der Waals surface area contributed by atoms with Crippen LogP contribution in [0.3, 0.4) is 0 Å². The lowest BCUT2D eigenvalue weighted by atomic mass is 10.1. The zero-order chi connectivity index (χ0) is 12.8. The minimum Gasteiger partial charge on any atom is -0.366 e. The zero-order valence-electron chi connectivity index (χ0n) is 9.83. The molecule has 0 aliphatic heterocycles. The molecule has 4 nitrogen and oxygen atoms in total. The molecule has 0 bridgehead atoms. The average Bonchev–Trinajstić information content (AvgIpc) is 2.28. The molecule has 0 saturated carbocycles. The van der Waals surface area contributed by atoms with E-state index in [9.17, 15) is 4.79 Å². The molecular formula is C12H14ClN3O. The second-order valence-corrected chi connectivity index (χ2v) is 3.96. The number of carbonyl (C=O) groups is 1. The fraction of sp³-hybridized carbons (Fsp3) is 0.417. The van der Waals surface area contributed by atoms with Crippen molar-refractivity contribution in [2.24, 2.45) is 0 Å². The minimum atomic E-state index is 0.0732. The molecule has 17 heavy (non-hydrogen) atoms. The third-order valence-electron chi connectivity index (χ3n) is 2.33. The van der Waals surface area contributed by atoms with E-state index in [2.05, 4.69) is 21.2 Å². The van der Waals surface area contributed by atoms with Gasteiger partial charge < -0.3 is 5.32 Å². The van der Waals surface area contributed by atoms with Crippen molar-refractivity contribution in [2.45, 2.75) is 32.7 Å². The smallest absolute Gasteiger partial charge is 0.156 e. The van der Waals surface area contributed by atoms with Gasteiger partial charge in [-0.15, -0.1) is 12.3 Å². The monoisotopic (exact) mass is 251 g/mol. The van der Waals surface area contributed by atoms with Gasteiger partial charge in [-0.05, 0) is 13.3 Å². The van der Waals surface area contributed by atoms with Gasteiger partial charge in [-0.2, -0.15) is 0 Å². The van der Waals surface area contributed by atoms with Crippen LogP contribution in [0.1, 0.15) is 35.9 Å². The maximum atomic E-state index is 10.9. The third-order valence-corrected chi connectivity index (χ3v) is 2.61. The van der Waals surface area contributed by atoms with Gasteiger partial charge in [0.1, 0.15) is 16.8 Å². The molecule has 0 saturated heterocycles. The normalized spacial score (nSPS) is 11.6. The third kappa shape index (κ3) is 3.43. The van der Waals surface area contributed by atoms with Crippen molar-refractivity contribution in [3.63, 3.8) is 0 Å². The number of nitrogens with zero attached hydrogens (tertiary/aromatic N) is 2. The number of terminal acetylenes is 1. The van der Waals surface area contributed by atoms with E-state index in [1.54, 1.807) is 6.92 Å². The lowest BCUT2D eigenvalue weighted by Crippen LogP contribution is -2.20. The van der Waals surface area contributed by atoms with Crippen LogP contribution >= 0.6 is 11.6 Å². The highest BCUT2D eigenvalue weighted by atomic mass is 35.5. The first kappa shape index (κ1) is 13.5. The molecule has 90 valence electrons. The predicted octanol–water partition coefficient (Wildman–Crippen LogP) is 2.46. The molecule has 1 aromatic heterocycles. The summed E-state index contributed by atoms with van der Waals surface area (Å²) in [6.45, 7) is 3.72. The fourth-order valence-corrected chi connectivity index (χ4v) is 1.65. The first-order valence-electron chi connectivity index (χ1n) is 5.31. The molecule has 1 unspecified atom stereocenters. The molecule has 1 rings (SSSR count). The number of aldehydes is 1. The molecule has 0 radical (unpaired) electrons. The van der Waals surface area contributed by atoms with Gasteiger partial charge in [-0.3, -0.25) is 4.79 Å². The number of aryl methyl sites for hydroxylation is 1. The number of carbonyl (C=O) groups excluding carboxylic acids is 1. The van der Waals surface area contributed by atoms with Gasteiger partial charge in [0, 0.05) is 12.5 Å². The highest BCUT2D eigenvalue weighted by molar-refractivity contribution is 6.32. The Morgan fingerprint density at radius 1 is 1.59 bits per heavy atom. The quantitative estimate of drug-likeness (QED) is 0.496. The number of halogens is 1. The standard InChI is InChI=1S/C12H14ClN3O/c1-4-6-9(5-2)16-12-10(7-17)11(13)14-8(3)15-12/h1,7,9H,5-6H2,2-3H3,(H,14,15,16). The van der Waals surface area contributed by atoms with Crippen molar-refractivity contribution in [3.05, 3.63) is 16.5 Å². The van der Waals surface area contributed by atoms with E-state index in [0.29, 0.717) is 24.3 Å². The molecule has 0 aliphatic rings. The Labute approximate surface area is 106 Å². The molecule has 0 aromatic carbocycles. The summed E-state index contributed by atoms with van der Waals surface area (Å²) in [5, 5.41) is 3.28. The van der Waals surface area contributed by atoms with E-state index in [0.717, 1.165) is 6.42 Å². The van der Waals surface area contributed by atoms with E-state index < -0.39 is 0 Å².